The molecule has 1 saturated heterocycles. The normalized spacial score (nSPS) is 14.4. The zero-order chi connectivity index (χ0) is 17.3. The van der Waals surface area contributed by atoms with E-state index in [0.717, 1.165) is 42.9 Å². The molecule has 7 heteroatoms. The fraction of sp³-hybridized carbons (Fsp3) is 0.529. The van der Waals surface area contributed by atoms with E-state index in [1.807, 2.05) is 18.7 Å². The molecule has 0 aromatic carbocycles. The molecule has 24 heavy (non-hydrogen) atoms. The number of aromatic amines is 1. The molecule has 2 aromatic rings. The first-order valence-corrected chi connectivity index (χ1v) is 8.37. The Balaban J connectivity index is 1.81. The van der Waals surface area contributed by atoms with Gasteiger partial charge >= 0.3 is 0 Å². The molecule has 2 aromatic heterocycles. The molecule has 0 radical (unpaired) electrons. The Morgan fingerprint density at radius 1 is 1.25 bits per heavy atom. The van der Waals surface area contributed by atoms with Gasteiger partial charge in [-0.25, -0.2) is 9.67 Å². The summed E-state index contributed by atoms with van der Waals surface area (Å²) in [7, 11) is 0. The third-order valence-electron chi connectivity index (χ3n) is 4.55. The first kappa shape index (κ1) is 16.4. The molecule has 1 N–H and O–H groups in total. The summed E-state index contributed by atoms with van der Waals surface area (Å²) in [5.41, 5.74) is 3.27. The number of likely N-dealkylation sites (tertiary alicyclic amines) is 1. The first-order chi connectivity index (χ1) is 11.5. The molecule has 0 aliphatic carbocycles. The van der Waals surface area contributed by atoms with E-state index in [1.165, 1.54) is 6.07 Å². The Bertz CT molecular complexity index is 815. The van der Waals surface area contributed by atoms with Crippen LogP contribution in [0, 0.1) is 20.8 Å². The van der Waals surface area contributed by atoms with E-state index in [9.17, 15) is 9.59 Å². The topological polar surface area (TPSA) is 83.9 Å². The highest BCUT2D eigenvalue weighted by Crippen LogP contribution is 2.18. The van der Waals surface area contributed by atoms with Crippen LogP contribution in [0.4, 0.5) is 0 Å². The molecule has 7 nitrogen and oxygen atoms in total. The largest absolute Gasteiger partial charge is 0.343 e. The maximum absolute atomic E-state index is 12.2. The van der Waals surface area contributed by atoms with Gasteiger partial charge in [-0.05, 0) is 45.6 Å². The molecule has 128 valence electrons. The Morgan fingerprint density at radius 3 is 2.62 bits per heavy atom. The molecule has 3 rings (SSSR count). The van der Waals surface area contributed by atoms with Crippen molar-refractivity contribution >= 4 is 5.91 Å². The average Bonchev–Trinajstić information content (AvgIpc) is 3.13. The van der Waals surface area contributed by atoms with Gasteiger partial charge < -0.3 is 4.90 Å². The summed E-state index contributed by atoms with van der Waals surface area (Å²) < 4.78 is 1.65. The minimum atomic E-state index is -0.198. The van der Waals surface area contributed by atoms with Gasteiger partial charge in [0, 0.05) is 37.0 Å². The third-order valence-corrected chi connectivity index (χ3v) is 4.55. The van der Waals surface area contributed by atoms with Crippen LogP contribution in [0.15, 0.2) is 10.9 Å². The number of rotatable bonds is 4. The van der Waals surface area contributed by atoms with Gasteiger partial charge in [-0.3, -0.25) is 14.6 Å². The van der Waals surface area contributed by atoms with Crippen LogP contribution < -0.4 is 5.56 Å². The summed E-state index contributed by atoms with van der Waals surface area (Å²) in [6.45, 7) is 7.40. The number of carbonyl (C=O) groups excluding carboxylic acids is 1. The number of hydrogen-bond donors (Lipinski definition) is 1. The summed E-state index contributed by atoms with van der Waals surface area (Å²) in [5, 5.41) is 4.50. The second-order valence-electron chi connectivity index (χ2n) is 6.36. The van der Waals surface area contributed by atoms with Crippen LogP contribution in [-0.2, 0) is 11.2 Å². The van der Waals surface area contributed by atoms with Gasteiger partial charge in [-0.15, -0.1) is 0 Å². The minimum Gasteiger partial charge on any atom is -0.343 e. The highest BCUT2D eigenvalue weighted by atomic mass is 16.2. The maximum Gasteiger partial charge on any atom is 0.252 e. The highest BCUT2D eigenvalue weighted by Gasteiger charge is 2.20. The van der Waals surface area contributed by atoms with Gasteiger partial charge in [-0.2, -0.15) is 5.10 Å². The second kappa shape index (κ2) is 6.59. The predicted molar refractivity (Wildman–Crippen MR) is 90.3 cm³/mol. The highest BCUT2D eigenvalue weighted by molar-refractivity contribution is 5.76. The number of H-pyrrole nitrogens is 1. The fourth-order valence-electron chi connectivity index (χ4n) is 3.26. The van der Waals surface area contributed by atoms with Crippen molar-refractivity contribution in [2.45, 2.75) is 46.5 Å². The number of amides is 1. The molecule has 1 amide bonds. The van der Waals surface area contributed by atoms with E-state index >= 15 is 0 Å². The molecule has 0 unspecified atom stereocenters. The van der Waals surface area contributed by atoms with Crippen molar-refractivity contribution in [2.75, 3.05) is 13.1 Å². The van der Waals surface area contributed by atoms with Crippen LogP contribution in [0.3, 0.4) is 0 Å². The zero-order valence-corrected chi connectivity index (χ0v) is 14.4. The van der Waals surface area contributed by atoms with Crippen molar-refractivity contribution in [1.82, 2.24) is 24.6 Å². The standard InChI is InChI=1S/C17H23N5O2/c1-11-10-15(23)19-17(18-11)22-13(3)14(12(2)20-22)6-7-16(24)21-8-4-5-9-21/h10H,4-9H2,1-3H3,(H,18,19,23). The molecular formula is C17H23N5O2. The average molecular weight is 329 g/mol. The smallest absolute Gasteiger partial charge is 0.252 e. The summed E-state index contributed by atoms with van der Waals surface area (Å²) in [6.07, 6.45) is 3.36. The van der Waals surface area contributed by atoms with Crippen molar-refractivity contribution in [1.29, 1.82) is 0 Å². The summed E-state index contributed by atoms with van der Waals surface area (Å²) in [4.78, 5) is 32.9. The lowest BCUT2D eigenvalue weighted by Gasteiger charge is -2.15. The summed E-state index contributed by atoms with van der Waals surface area (Å²) >= 11 is 0. The van der Waals surface area contributed by atoms with Crippen molar-refractivity contribution < 1.29 is 4.79 Å². The molecule has 0 atom stereocenters. The number of hydrogen-bond acceptors (Lipinski definition) is 4. The van der Waals surface area contributed by atoms with Crippen LogP contribution in [0.1, 0.15) is 41.9 Å². The summed E-state index contributed by atoms with van der Waals surface area (Å²) in [5.74, 6) is 0.624. The van der Waals surface area contributed by atoms with Crippen molar-refractivity contribution in [3.8, 4) is 5.95 Å². The number of aromatic nitrogens is 4. The van der Waals surface area contributed by atoms with E-state index in [-0.39, 0.29) is 11.5 Å². The van der Waals surface area contributed by atoms with E-state index < -0.39 is 0 Å². The SMILES string of the molecule is Cc1cc(=O)[nH]c(-n2nc(C)c(CCC(=O)N3CCCC3)c2C)n1. The first-order valence-electron chi connectivity index (χ1n) is 8.37. The number of carbonyl (C=O) groups is 1. The zero-order valence-electron chi connectivity index (χ0n) is 14.4. The van der Waals surface area contributed by atoms with Gasteiger partial charge in [0.15, 0.2) is 0 Å². The maximum atomic E-state index is 12.2. The molecule has 0 spiro atoms. The van der Waals surface area contributed by atoms with Gasteiger partial charge in [-0.1, -0.05) is 0 Å². The van der Waals surface area contributed by atoms with Crippen molar-refractivity contribution in [3.05, 3.63) is 39.1 Å². The Labute approximate surface area is 140 Å². The Morgan fingerprint density at radius 2 is 1.96 bits per heavy atom. The quantitative estimate of drug-likeness (QED) is 0.920. The van der Waals surface area contributed by atoms with Crippen LogP contribution in [-0.4, -0.2) is 43.6 Å². The third kappa shape index (κ3) is 3.25. The van der Waals surface area contributed by atoms with Gasteiger partial charge in [0.25, 0.3) is 5.56 Å². The molecule has 1 fully saturated rings. The number of nitrogens with one attached hydrogen (secondary N) is 1. The molecule has 0 saturated carbocycles. The molecule has 1 aliphatic rings. The molecular weight excluding hydrogens is 306 g/mol. The van der Waals surface area contributed by atoms with E-state index in [0.29, 0.717) is 24.5 Å². The number of aryl methyl sites for hydroxylation is 2. The van der Waals surface area contributed by atoms with Crippen LogP contribution in [0.2, 0.25) is 0 Å². The predicted octanol–water partition coefficient (Wildman–Crippen LogP) is 1.44. The van der Waals surface area contributed by atoms with Gasteiger partial charge in [0.2, 0.25) is 11.9 Å². The van der Waals surface area contributed by atoms with Crippen LogP contribution in [0.5, 0.6) is 0 Å². The van der Waals surface area contributed by atoms with E-state index in [4.69, 9.17) is 0 Å². The second-order valence-corrected chi connectivity index (χ2v) is 6.36. The molecule has 3 heterocycles. The molecule has 1 aliphatic heterocycles. The van der Waals surface area contributed by atoms with Gasteiger partial charge in [0.05, 0.1) is 5.69 Å². The monoisotopic (exact) mass is 329 g/mol. The van der Waals surface area contributed by atoms with Gasteiger partial charge in [0.1, 0.15) is 0 Å². The minimum absolute atomic E-state index is 0.198. The summed E-state index contributed by atoms with van der Waals surface area (Å²) in [6, 6.07) is 1.45. The lowest BCUT2D eigenvalue weighted by atomic mass is 10.1. The number of nitrogens with zero attached hydrogens (tertiary/aromatic N) is 4. The van der Waals surface area contributed by atoms with E-state index in [1.54, 1.807) is 11.6 Å². The Kier molecular flexibility index (Phi) is 4.51. The fourth-order valence-corrected chi connectivity index (χ4v) is 3.26. The lowest BCUT2D eigenvalue weighted by Crippen LogP contribution is -2.27. The van der Waals surface area contributed by atoms with Crippen LogP contribution in [0.25, 0.3) is 5.95 Å². The van der Waals surface area contributed by atoms with E-state index in [2.05, 4.69) is 15.1 Å². The Hall–Kier alpha value is -2.44. The van der Waals surface area contributed by atoms with Crippen LogP contribution >= 0.6 is 0 Å². The molecule has 0 bridgehead atoms. The lowest BCUT2D eigenvalue weighted by molar-refractivity contribution is -0.130. The van der Waals surface area contributed by atoms with Crippen molar-refractivity contribution in [3.63, 3.8) is 0 Å². The van der Waals surface area contributed by atoms with Crippen molar-refractivity contribution in [2.24, 2.45) is 0 Å².